The average Bonchev–Trinajstić information content (AvgIpc) is 3.25. The van der Waals surface area contributed by atoms with E-state index in [4.69, 9.17) is 9.47 Å². The van der Waals surface area contributed by atoms with Crippen LogP contribution in [0.1, 0.15) is 50.9 Å². The lowest BCUT2D eigenvalue weighted by Crippen LogP contribution is -2.21. The van der Waals surface area contributed by atoms with Gasteiger partial charge in [-0.3, -0.25) is 19.7 Å². The molecule has 0 atom stereocenters. The van der Waals surface area contributed by atoms with Crippen LogP contribution in [0.3, 0.4) is 0 Å². The number of rotatable bonds is 9. The normalized spacial score (nSPS) is 12.2. The number of fused-ring (bicyclic) bond motifs is 1. The van der Waals surface area contributed by atoms with E-state index in [1.807, 2.05) is 0 Å². The highest BCUT2D eigenvalue weighted by Crippen LogP contribution is 2.38. The van der Waals surface area contributed by atoms with Gasteiger partial charge in [-0.05, 0) is 62.4 Å². The Morgan fingerprint density at radius 3 is 2.54 bits per heavy atom. The Bertz CT molecular complexity index is 1330. The second-order valence-corrected chi connectivity index (χ2v) is 9.36. The third-order valence-electron chi connectivity index (χ3n) is 5.71. The number of aryl methyl sites for hydroxylation is 1. The smallest absolute Gasteiger partial charge is 0.341 e. The van der Waals surface area contributed by atoms with Crippen LogP contribution < -0.4 is 15.4 Å². The van der Waals surface area contributed by atoms with E-state index in [-0.39, 0.29) is 24.5 Å². The molecule has 192 valence electrons. The molecule has 0 unspecified atom stereocenters. The third-order valence-corrected chi connectivity index (χ3v) is 6.91. The van der Waals surface area contributed by atoms with E-state index in [0.717, 1.165) is 36.1 Å². The summed E-state index contributed by atoms with van der Waals surface area (Å²) >= 11 is 1.40. The summed E-state index contributed by atoms with van der Waals surface area (Å²) in [6.45, 7) is 1.69. The number of amides is 2. The van der Waals surface area contributed by atoms with Gasteiger partial charge in [-0.2, -0.15) is 0 Å². The first kappa shape index (κ1) is 25.8. The maximum atomic E-state index is 12.7. The van der Waals surface area contributed by atoms with Crippen molar-refractivity contribution in [2.24, 2.45) is 0 Å². The minimum absolute atomic E-state index is 0.109. The zero-order valence-corrected chi connectivity index (χ0v) is 20.9. The van der Waals surface area contributed by atoms with Crippen molar-refractivity contribution >= 4 is 45.5 Å². The molecule has 10 nitrogen and oxygen atoms in total. The summed E-state index contributed by atoms with van der Waals surface area (Å²) in [5, 5.41) is 16.7. The summed E-state index contributed by atoms with van der Waals surface area (Å²) in [4.78, 5) is 49.0. The number of esters is 1. The van der Waals surface area contributed by atoms with Gasteiger partial charge in [-0.1, -0.05) is 6.07 Å². The third kappa shape index (κ3) is 6.31. The van der Waals surface area contributed by atoms with Crippen molar-refractivity contribution in [3.8, 4) is 5.75 Å². The topological polar surface area (TPSA) is 137 Å². The largest absolute Gasteiger partial charge is 0.484 e. The Labute approximate surface area is 216 Å². The van der Waals surface area contributed by atoms with Crippen LogP contribution >= 0.6 is 11.3 Å². The molecule has 11 heteroatoms. The number of hydrogen-bond donors (Lipinski definition) is 2. The van der Waals surface area contributed by atoms with Gasteiger partial charge in [0.15, 0.2) is 6.61 Å². The second kappa shape index (κ2) is 11.7. The van der Waals surface area contributed by atoms with Crippen LogP contribution in [0, 0.1) is 10.1 Å². The summed E-state index contributed by atoms with van der Waals surface area (Å²) < 4.78 is 10.8. The number of thiophene rings is 1. The maximum Gasteiger partial charge on any atom is 0.341 e. The molecule has 1 aliphatic rings. The van der Waals surface area contributed by atoms with Crippen LogP contribution in [-0.4, -0.2) is 35.9 Å². The Hall–Kier alpha value is -4.25. The minimum Gasteiger partial charge on any atom is -0.484 e. The summed E-state index contributed by atoms with van der Waals surface area (Å²) in [6, 6.07) is 11.8. The van der Waals surface area contributed by atoms with Crippen LogP contribution in [0.4, 0.5) is 16.4 Å². The minimum atomic E-state index is -0.539. The lowest BCUT2D eigenvalue weighted by Gasteiger charge is -2.12. The number of non-ortho nitro benzene ring substituents is 1. The first-order valence-corrected chi connectivity index (χ1v) is 12.6. The van der Waals surface area contributed by atoms with E-state index in [9.17, 15) is 24.5 Å². The van der Waals surface area contributed by atoms with Crippen molar-refractivity contribution in [3.05, 3.63) is 80.2 Å². The molecule has 3 aromatic rings. The zero-order valence-electron chi connectivity index (χ0n) is 20.1. The average molecular weight is 524 g/mol. The highest BCUT2D eigenvalue weighted by Gasteiger charge is 2.27. The lowest BCUT2D eigenvalue weighted by molar-refractivity contribution is -0.384. The van der Waals surface area contributed by atoms with Gasteiger partial charge < -0.3 is 20.1 Å². The van der Waals surface area contributed by atoms with Crippen molar-refractivity contribution < 1.29 is 28.8 Å². The Morgan fingerprint density at radius 1 is 1.05 bits per heavy atom. The van der Waals surface area contributed by atoms with E-state index < -0.39 is 22.7 Å². The lowest BCUT2D eigenvalue weighted by atomic mass is 9.95. The van der Waals surface area contributed by atoms with Gasteiger partial charge in [-0.15, -0.1) is 11.3 Å². The van der Waals surface area contributed by atoms with E-state index >= 15 is 0 Å². The predicted octanol–water partition coefficient (Wildman–Crippen LogP) is 4.98. The van der Waals surface area contributed by atoms with Crippen molar-refractivity contribution in [2.45, 2.75) is 32.6 Å². The second-order valence-electron chi connectivity index (χ2n) is 8.26. The number of nitrogens with zero attached hydrogens (tertiary/aromatic N) is 1. The molecule has 0 radical (unpaired) electrons. The van der Waals surface area contributed by atoms with Gasteiger partial charge in [0.25, 0.3) is 17.5 Å². The van der Waals surface area contributed by atoms with E-state index in [0.29, 0.717) is 22.0 Å². The Kier molecular flexibility index (Phi) is 8.14. The van der Waals surface area contributed by atoms with Crippen LogP contribution in [0.25, 0.3) is 0 Å². The molecule has 4 rings (SSSR count). The van der Waals surface area contributed by atoms with Crippen molar-refractivity contribution in [1.82, 2.24) is 0 Å². The van der Waals surface area contributed by atoms with Gasteiger partial charge in [-0.25, -0.2) is 4.79 Å². The number of nitro groups is 1. The van der Waals surface area contributed by atoms with E-state index in [1.165, 1.54) is 35.6 Å². The monoisotopic (exact) mass is 523 g/mol. The molecule has 2 N–H and O–H groups in total. The SMILES string of the molecule is CCOC(=O)c1c(NC(=O)COc2cccc(NC(=O)c3ccc([N+](=O)[O-])cc3)c2)sc2c1CCCC2. The standard InChI is InChI=1S/C26H25N3O7S/c1-2-35-26(32)23-20-8-3-4-9-21(20)37-25(23)28-22(30)15-36-19-7-5-6-17(14-19)27-24(31)16-10-12-18(13-11-16)29(33)34/h5-7,10-14H,2-4,8-9,15H2,1H3,(H,27,31)(H,28,30). The van der Waals surface area contributed by atoms with Crippen LogP contribution in [0.5, 0.6) is 5.75 Å². The van der Waals surface area contributed by atoms with Gasteiger partial charge in [0.05, 0.1) is 17.1 Å². The molecule has 37 heavy (non-hydrogen) atoms. The number of nitro benzene ring substituents is 1. The van der Waals surface area contributed by atoms with Crippen molar-refractivity contribution in [2.75, 3.05) is 23.8 Å². The fraction of sp³-hybridized carbons (Fsp3) is 0.269. The Balaban J connectivity index is 1.38. The van der Waals surface area contributed by atoms with Gasteiger partial charge in [0.1, 0.15) is 10.8 Å². The predicted molar refractivity (Wildman–Crippen MR) is 139 cm³/mol. The van der Waals surface area contributed by atoms with Crippen LogP contribution in [0.15, 0.2) is 48.5 Å². The van der Waals surface area contributed by atoms with E-state index in [1.54, 1.807) is 31.2 Å². The molecule has 1 aromatic heterocycles. The van der Waals surface area contributed by atoms with Crippen molar-refractivity contribution in [3.63, 3.8) is 0 Å². The number of carbonyl (C=O) groups excluding carboxylic acids is 3. The number of ether oxygens (including phenoxy) is 2. The summed E-state index contributed by atoms with van der Waals surface area (Å²) in [7, 11) is 0. The molecule has 0 aliphatic heterocycles. The molecule has 0 bridgehead atoms. The van der Waals surface area contributed by atoms with Crippen LogP contribution in [0.2, 0.25) is 0 Å². The fourth-order valence-electron chi connectivity index (χ4n) is 3.99. The molecule has 2 aromatic carbocycles. The number of anilines is 2. The molecule has 0 spiro atoms. The number of hydrogen-bond acceptors (Lipinski definition) is 8. The zero-order chi connectivity index (χ0) is 26.4. The molecular formula is C26H25N3O7S. The van der Waals surface area contributed by atoms with Gasteiger partial charge >= 0.3 is 5.97 Å². The number of benzene rings is 2. The van der Waals surface area contributed by atoms with E-state index in [2.05, 4.69) is 10.6 Å². The Morgan fingerprint density at radius 2 is 1.81 bits per heavy atom. The molecule has 2 amide bonds. The molecule has 0 fully saturated rings. The highest BCUT2D eigenvalue weighted by atomic mass is 32.1. The first-order chi connectivity index (χ1) is 17.9. The summed E-state index contributed by atoms with van der Waals surface area (Å²) in [5.41, 5.74) is 1.97. The highest BCUT2D eigenvalue weighted by molar-refractivity contribution is 7.17. The van der Waals surface area contributed by atoms with Gasteiger partial charge in [0.2, 0.25) is 0 Å². The molecule has 1 heterocycles. The van der Waals surface area contributed by atoms with Gasteiger partial charge in [0, 0.05) is 34.3 Å². The number of carbonyl (C=O) groups is 3. The molecule has 0 saturated heterocycles. The fourth-order valence-corrected chi connectivity index (χ4v) is 5.28. The quantitative estimate of drug-likeness (QED) is 0.229. The van der Waals surface area contributed by atoms with Crippen molar-refractivity contribution in [1.29, 1.82) is 0 Å². The van der Waals surface area contributed by atoms with Crippen LogP contribution in [-0.2, 0) is 22.4 Å². The summed E-state index contributed by atoms with van der Waals surface area (Å²) in [5.74, 6) is -0.954. The number of nitrogens with one attached hydrogen (secondary N) is 2. The summed E-state index contributed by atoms with van der Waals surface area (Å²) in [6.07, 6.45) is 3.69. The molecule has 1 aliphatic carbocycles. The maximum absolute atomic E-state index is 12.7. The molecule has 0 saturated carbocycles. The molecular weight excluding hydrogens is 498 g/mol. The first-order valence-electron chi connectivity index (χ1n) is 11.8.